The number of aromatic nitrogens is 2. The second-order valence-electron chi connectivity index (χ2n) is 7.13. The highest BCUT2D eigenvalue weighted by Crippen LogP contribution is 2.33. The van der Waals surface area contributed by atoms with Gasteiger partial charge in [0, 0.05) is 28.5 Å². The third kappa shape index (κ3) is 2.18. The summed E-state index contributed by atoms with van der Waals surface area (Å²) in [4.78, 5) is 34.6. The van der Waals surface area contributed by atoms with Crippen LogP contribution in [0.5, 0.6) is 0 Å². The number of nitrogens with zero attached hydrogens (tertiary/aromatic N) is 3. The lowest BCUT2D eigenvalue weighted by atomic mass is 10.0. The van der Waals surface area contributed by atoms with Gasteiger partial charge in [0.2, 0.25) is 0 Å². The number of aryl methyl sites for hydroxylation is 2. The monoisotopic (exact) mass is 365 g/mol. The average molecular weight is 365 g/mol. The lowest BCUT2D eigenvalue weighted by Gasteiger charge is -2.22. The fraction of sp³-hybridized carbons (Fsp3) is 0.350. The molecular weight excluding hydrogens is 346 g/mol. The van der Waals surface area contributed by atoms with Gasteiger partial charge in [0.25, 0.3) is 11.5 Å². The molecule has 0 radical (unpaired) electrons. The molecule has 1 amide bonds. The van der Waals surface area contributed by atoms with E-state index in [2.05, 4.69) is 4.98 Å². The van der Waals surface area contributed by atoms with Gasteiger partial charge in [-0.1, -0.05) is 18.2 Å². The first-order valence-corrected chi connectivity index (χ1v) is 9.90. The first-order valence-electron chi connectivity index (χ1n) is 9.09. The summed E-state index contributed by atoms with van der Waals surface area (Å²) in [7, 11) is 0. The number of rotatable bonds is 1. The molecule has 0 bridgehead atoms. The molecule has 0 spiro atoms. The maximum atomic E-state index is 13.3. The molecule has 1 aliphatic carbocycles. The number of hydrogen-bond donors (Lipinski definition) is 0. The Hall–Kier alpha value is -2.47. The van der Waals surface area contributed by atoms with Crippen molar-refractivity contribution in [2.24, 2.45) is 0 Å². The predicted molar refractivity (Wildman–Crippen MR) is 102 cm³/mol. The third-order valence-electron chi connectivity index (χ3n) is 5.46. The fourth-order valence-corrected chi connectivity index (χ4v) is 5.39. The summed E-state index contributed by atoms with van der Waals surface area (Å²) in [6, 6.07) is 7.95. The molecule has 3 aromatic rings. The van der Waals surface area contributed by atoms with Crippen molar-refractivity contribution in [1.82, 2.24) is 9.38 Å². The Labute approximate surface area is 154 Å². The second-order valence-corrected chi connectivity index (χ2v) is 8.19. The van der Waals surface area contributed by atoms with E-state index < -0.39 is 0 Å². The van der Waals surface area contributed by atoms with Crippen LogP contribution in [-0.2, 0) is 19.3 Å². The van der Waals surface area contributed by atoms with Crippen molar-refractivity contribution in [2.45, 2.75) is 45.1 Å². The van der Waals surface area contributed by atoms with Gasteiger partial charge in [0.1, 0.15) is 5.56 Å². The number of carbonyl (C=O) groups is 1. The van der Waals surface area contributed by atoms with Crippen molar-refractivity contribution in [3.63, 3.8) is 0 Å². The van der Waals surface area contributed by atoms with E-state index in [1.807, 2.05) is 31.2 Å². The van der Waals surface area contributed by atoms with Gasteiger partial charge in [-0.2, -0.15) is 0 Å². The van der Waals surface area contributed by atoms with Crippen molar-refractivity contribution in [1.29, 1.82) is 0 Å². The summed E-state index contributed by atoms with van der Waals surface area (Å²) in [5.41, 5.74) is 3.05. The summed E-state index contributed by atoms with van der Waals surface area (Å²) in [6.07, 6.45) is 6.41. The Morgan fingerprint density at radius 1 is 1.23 bits per heavy atom. The van der Waals surface area contributed by atoms with Gasteiger partial charge in [0.15, 0.2) is 4.96 Å². The molecular formula is C20H19N3O2S. The van der Waals surface area contributed by atoms with Gasteiger partial charge in [0.05, 0.1) is 0 Å². The number of benzene rings is 1. The van der Waals surface area contributed by atoms with Gasteiger partial charge < -0.3 is 4.90 Å². The number of anilines is 1. The van der Waals surface area contributed by atoms with Crippen LogP contribution >= 0.6 is 11.3 Å². The minimum absolute atomic E-state index is 0.0383. The van der Waals surface area contributed by atoms with Crippen LogP contribution in [0.2, 0.25) is 0 Å². The summed E-state index contributed by atoms with van der Waals surface area (Å²) < 4.78 is 1.68. The van der Waals surface area contributed by atoms with Gasteiger partial charge >= 0.3 is 0 Å². The summed E-state index contributed by atoms with van der Waals surface area (Å²) in [5.74, 6) is -0.245. The van der Waals surface area contributed by atoms with Crippen LogP contribution in [0.3, 0.4) is 0 Å². The van der Waals surface area contributed by atoms with E-state index in [9.17, 15) is 9.59 Å². The normalized spacial score (nSPS) is 18.8. The molecule has 0 saturated carbocycles. The molecule has 0 saturated heterocycles. The molecule has 0 N–H and O–H groups in total. The van der Waals surface area contributed by atoms with Crippen LogP contribution in [-0.4, -0.2) is 21.3 Å². The Morgan fingerprint density at radius 3 is 2.92 bits per heavy atom. The van der Waals surface area contributed by atoms with Crippen LogP contribution in [0.25, 0.3) is 4.96 Å². The highest BCUT2D eigenvalue weighted by molar-refractivity contribution is 7.17. The van der Waals surface area contributed by atoms with Gasteiger partial charge in [-0.05, 0) is 50.7 Å². The molecule has 5 rings (SSSR count). The number of amides is 1. The van der Waals surface area contributed by atoms with E-state index in [0.717, 1.165) is 49.0 Å². The molecule has 26 heavy (non-hydrogen) atoms. The molecule has 1 atom stereocenters. The molecule has 1 aromatic carbocycles. The zero-order valence-corrected chi connectivity index (χ0v) is 15.4. The molecule has 3 heterocycles. The first-order chi connectivity index (χ1) is 12.6. The Morgan fingerprint density at radius 2 is 2.04 bits per heavy atom. The maximum Gasteiger partial charge on any atom is 0.271 e. The lowest BCUT2D eigenvalue weighted by molar-refractivity contribution is 0.0979. The maximum absolute atomic E-state index is 13.3. The van der Waals surface area contributed by atoms with Crippen molar-refractivity contribution in [3.05, 3.63) is 62.5 Å². The van der Waals surface area contributed by atoms with Crippen LogP contribution in [0.15, 0.2) is 35.3 Å². The minimum atomic E-state index is -0.245. The minimum Gasteiger partial charge on any atom is -0.305 e. The molecule has 0 unspecified atom stereocenters. The van der Waals surface area contributed by atoms with Crippen LogP contribution in [0.1, 0.15) is 46.3 Å². The highest BCUT2D eigenvalue weighted by atomic mass is 32.1. The Kier molecular flexibility index (Phi) is 3.50. The quantitative estimate of drug-likeness (QED) is 0.665. The van der Waals surface area contributed by atoms with E-state index in [0.29, 0.717) is 4.96 Å². The standard InChI is InChI=1S/C20H19N3O2S/c1-12-10-13-6-2-3-7-15(13)22(12)18(24)14-11-21-20-23(19(14)25)16-8-4-5-9-17(16)26-20/h2-3,6-7,11-12H,4-5,8-10H2,1H3/t12-/m0/s1. The molecule has 0 fully saturated rings. The van der Waals surface area contributed by atoms with Crippen LogP contribution < -0.4 is 10.5 Å². The Balaban J connectivity index is 1.65. The summed E-state index contributed by atoms with van der Waals surface area (Å²) >= 11 is 1.58. The summed E-state index contributed by atoms with van der Waals surface area (Å²) in [5, 5.41) is 0. The topological polar surface area (TPSA) is 54.7 Å². The van der Waals surface area contributed by atoms with E-state index in [4.69, 9.17) is 0 Å². The number of hydrogen-bond acceptors (Lipinski definition) is 4. The van der Waals surface area contributed by atoms with Gasteiger partial charge in [-0.15, -0.1) is 11.3 Å². The van der Waals surface area contributed by atoms with Crippen molar-refractivity contribution in [2.75, 3.05) is 4.90 Å². The summed E-state index contributed by atoms with van der Waals surface area (Å²) in [6.45, 7) is 2.02. The number of carbonyl (C=O) groups excluding carboxylic acids is 1. The first kappa shape index (κ1) is 15.8. The SMILES string of the molecule is C[C@H]1Cc2ccccc2N1C(=O)c1cnc2sc3c(n2c1=O)CCCC3. The molecule has 6 heteroatoms. The number of fused-ring (bicyclic) bond motifs is 4. The fourth-order valence-electron chi connectivity index (χ4n) is 4.22. The zero-order chi connectivity index (χ0) is 17.8. The van der Waals surface area contributed by atoms with Crippen molar-refractivity contribution < 1.29 is 4.79 Å². The van der Waals surface area contributed by atoms with E-state index in [1.165, 1.54) is 11.1 Å². The molecule has 2 aromatic heterocycles. The van der Waals surface area contributed by atoms with Crippen molar-refractivity contribution in [3.8, 4) is 0 Å². The number of thiazole rings is 1. The zero-order valence-electron chi connectivity index (χ0n) is 14.6. The second kappa shape index (κ2) is 5.77. The van der Waals surface area contributed by atoms with Crippen LogP contribution in [0.4, 0.5) is 5.69 Å². The smallest absolute Gasteiger partial charge is 0.271 e. The molecule has 2 aliphatic rings. The lowest BCUT2D eigenvalue weighted by Crippen LogP contribution is -2.39. The Bertz CT molecular complexity index is 1100. The third-order valence-corrected chi connectivity index (χ3v) is 6.62. The highest BCUT2D eigenvalue weighted by Gasteiger charge is 2.33. The van der Waals surface area contributed by atoms with Crippen LogP contribution in [0, 0.1) is 0 Å². The van der Waals surface area contributed by atoms with E-state index in [-0.39, 0.29) is 23.1 Å². The van der Waals surface area contributed by atoms with Gasteiger partial charge in [-0.3, -0.25) is 14.0 Å². The van der Waals surface area contributed by atoms with E-state index in [1.54, 1.807) is 20.6 Å². The largest absolute Gasteiger partial charge is 0.305 e. The molecule has 132 valence electrons. The average Bonchev–Trinajstić information content (AvgIpc) is 3.18. The van der Waals surface area contributed by atoms with Gasteiger partial charge in [-0.25, -0.2) is 4.98 Å². The molecule has 1 aliphatic heterocycles. The molecule has 5 nitrogen and oxygen atoms in total. The van der Waals surface area contributed by atoms with E-state index >= 15 is 0 Å². The number of para-hydroxylation sites is 1. The predicted octanol–water partition coefficient (Wildman–Crippen LogP) is 3.23. The van der Waals surface area contributed by atoms with Crippen molar-refractivity contribution >= 4 is 27.9 Å².